The van der Waals surface area contributed by atoms with E-state index in [1.165, 1.54) is 27.4 Å². The van der Waals surface area contributed by atoms with Crippen LogP contribution in [0.5, 0.6) is 23.0 Å². The van der Waals surface area contributed by atoms with Gasteiger partial charge in [0, 0.05) is 0 Å². The van der Waals surface area contributed by atoms with Crippen molar-refractivity contribution in [2.45, 2.75) is 12.3 Å². The average molecular weight is 332 g/mol. The van der Waals surface area contributed by atoms with Crippen molar-refractivity contribution in [2.75, 3.05) is 21.3 Å². The molecule has 0 heterocycles. The first-order chi connectivity index (χ1) is 11.5. The molecule has 1 unspecified atom stereocenters. The number of carbonyl (C=O) groups is 1. The first-order valence-electron chi connectivity index (χ1n) is 7.30. The van der Waals surface area contributed by atoms with Crippen LogP contribution in [0.1, 0.15) is 17.0 Å². The third kappa shape index (κ3) is 3.71. The van der Waals surface area contributed by atoms with Crippen LogP contribution in [0, 0.1) is 0 Å². The Morgan fingerprint density at radius 3 is 2.12 bits per heavy atom. The van der Waals surface area contributed by atoms with Crippen molar-refractivity contribution in [2.24, 2.45) is 0 Å². The number of methoxy groups -OCH3 is 3. The molecular formula is C18H20O6. The van der Waals surface area contributed by atoms with E-state index in [1.54, 1.807) is 30.3 Å². The molecule has 0 fully saturated rings. The lowest BCUT2D eigenvalue weighted by Crippen LogP contribution is -2.14. The van der Waals surface area contributed by atoms with Crippen molar-refractivity contribution in [3.63, 3.8) is 0 Å². The van der Waals surface area contributed by atoms with Crippen LogP contribution < -0.4 is 14.2 Å². The molecule has 2 rings (SSSR count). The zero-order valence-electron chi connectivity index (χ0n) is 13.8. The average Bonchev–Trinajstić information content (AvgIpc) is 2.59. The molecule has 0 radical (unpaired) electrons. The number of ether oxygens (including phenoxy) is 3. The standard InChI is InChI=1S/C18H20O6/c1-22-15-6-4-11(9-14(15)19)8-13(18(20)21)12-5-7-16(23-2)17(10-12)24-3/h4-7,9-10,13,19H,8H2,1-3H3,(H,20,21). The van der Waals surface area contributed by atoms with Crippen molar-refractivity contribution in [1.82, 2.24) is 0 Å². The van der Waals surface area contributed by atoms with E-state index in [4.69, 9.17) is 14.2 Å². The minimum atomic E-state index is -0.961. The van der Waals surface area contributed by atoms with Crippen LogP contribution in [0.3, 0.4) is 0 Å². The molecular weight excluding hydrogens is 312 g/mol. The molecule has 0 saturated carbocycles. The van der Waals surface area contributed by atoms with Gasteiger partial charge in [-0.05, 0) is 41.8 Å². The van der Waals surface area contributed by atoms with Gasteiger partial charge in [0.2, 0.25) is 0 Å². The molecule has 0 saturated heterocycles. The van der Waals surface area contributed by atoms with Crippen LogP contribution >= 0.6 is 0 Å². The summed E-state index contributed by atoms with van der Waals surface area (Å²) >= 11 is 0. The lowest BCUT2D eigenvalue weighted by atomic mass is 9.91. The first-order valence-corrected chi connectivity index (χ1v) is 7.30. The fraction of sp³-hybridized carbons (Fsp3) is 0.278. The van der Waals surface area contributed by atoms with Crippen molar-refractivity contribution in [3.05, 3.63) is 47.5 Å². The Kier molecular flexibility index (Phi) is 5.52. The highest BCUT2D eigenvalue weighted by Crippen LogP contribution is 2.33. The Labute approximate surface area is 140 Å². The summed E-state index contributed by atoms with van der Waals surface area (Å²) in [5, 5.41) is 19.4. The SMILES string of the molecule is COc1ccc(CC(C(=O)O)c2ccc(OC)c(OC)c2)cc1O. The zero-order chi connectivity index (χ0) is 17.7. The van der Waals surface area contributed by atoms with Gasteiger partial charge in [-0.25, -0.2) is 0 Å². The minimum absolute atomic E-state index is 0.0218. The summed E-state index contributed by atoms with van der Waals surface area (Å²) in [6, 6.07) is 9.88. The van der Waals surface area contributed by atoms with E-state index in [0.29, 0.717) is 28.4 Å². The van der Waals surface area contributed by atoms with Gasteiger partial charge >= 0.3 is 5.97 Å². The fourth-order valence-electron chi connectivity index (χ4n) is 2.52. The second-order valence-electron chi connectivity index (χ2n) is 5.22. The van der Waals surface area contributed by atoms with E-state index in [2.05, 4.69) is 0 Å². The molecule has 6 heteroatoms. The van der Waals surface area contributed by atoms with Crippen LogP contribution in [0.15, 0.2) is 36.4 Å². The smallest absolute Gasteiger partial charge is 0.311 e. The van der Waals surface area contributed by atoms with Crippen LogP contribution in [0.2, 0.25) is 0 Å². The maximum atomic E-state index is 11.7. The number of rotatable bonds is 7. The van der Waals surface area contributed by atoms with Crippen LogP contribution in [-0.4, -0.2) is 37.5 Å². The quantitative estimate of drug-likeness (QED) is 0.811. The highest BCUT2D eigenvalue weighted by atomic mass is 16.5. The summed E-state index contributed by atoms with van der Waals surface area (Å²) in [6.45, 7) is 0. The third-order valence-corrected chi connectivity index (χ3v) is 3.79. The van der Waals surface area contributed by atoms with Crippen molar-refractivity contribution in [3.8, 4) is 23.0 Å². The van der Waals surface area contributed by atoms with Crippen LogP contribution in [0.25, 0.3) is 0 Å². The molecule has 24 heavy (non-hydrogen) atoms. The molecule has 0 aromatic heterocycles. The second kappa shape index (κ2) is 7.59. The largest absolute Gasteiger partial charge is 0.504 e. The molecule has 0 spiro atoms. The summed E-state index contributed by atoms with van der Waals surface area (Å²) in [6.07, 6.45) is 0.225. The fourth-order valence-corrected chi connectivity index (χ4v) is 2.52. The van der Waals surface area contributed by atoms with Gasteiger partial charge < -0.3 is 24.4 Å². The first kappa shape index (κ1) is 17.5. The number of phenols is 1. The van der Waals surface area contributed by atoms with Gasteiger partial charge in [0.1, 0.15) is 0 Å². The zero-order valence-corrected chi connectivity index (χ0v) is 13.8. The molecule has 0 aliphatic carbocycles. The Morgan fingerprint density at radius 2 is 1.58 bits per heavy atom. The summed E-state index contributed by atoms with van der Waals surface area (Å²) in [5.41, 5.74) is 1.28. The number of benzene rings is 2. The maximum Gasteiger partial charge on any atom is 0.311 e. The molecule has 6 nitrogen and oxygen atoms in total. The number of aliphatic carboxylic acids is 1. The minimum Gasteiger partial charge on any atom is -0.504 e. The molecule has 0 aliphatic rings. The number of hydrogen-bond acceptors (Lipinski definition) is 5. The summed E-state index contributed by atoms with van der Waals surface area (Å²) in [4.78, 5) is 11.7. The number of carboxylic acid groups (broad SMARTS) is 1. The molecule has 2 aromatic rings. The van der Waals surface area contributed by atoms with Gasteiger partial charge in [-0.2, -0.15) is 0 Å². The Hall–Kier alpha value is -2.89. The molecule has 0 amide bonds. The third-order valence-electron chi connectivity index (χ3n) is 3.79. The number of hydrogen-bond donors (Lipinski definition) is 2. The molecule has 128 valence electrons. The Bertz CT molecular complexity index is 725. The van der Waals surface area contributed by atoms with Crippen molar-refractivity contribution in [1.29, 1.82) is 0 Å². The van der Waals surface area contributed by atoms with Crippen LogP contribution in [0.4, 0.5) is 0 Å². The Balaban J connectivity index is 2.33. The van der Waals surface area contributed by atoms with Crippen LogP contribution in [-0.2, 0) is 11.2 Å². The van der Waals surface area contributed by atoms with Gasteiger partial charge in [0.25, 0.3) is 0 Å². The molecule has 2 aromatic carbocycles. The van der Waals surface area contributed by atoms with E-state index in [9.17, 15) is 15.0 Å². The van der Waals surface area contributed by atoms with Gasteiger partial charge in [0.05, 0.1) is 27.2 Å². The predicted octanol–water partition coefficient (Wildman–Crippen LogP) is 2.83. The number of aromatic hydroxyl groups is 1. The van der Waals surface area contributed by atoms with E-state index in [0.717, 1.165) is 0 Å². The molecule has 1 atom stereocenters. The van der Waals surface area contributed by atoms with Crippen molar-refractivity contribution >= 4 is 5.97 Å². The van der Waals surface area contributed by atoms with E-state index < -0.39 is 11.9 Å². The van der Waals surface area contributed by atoms with E-state index >= 15 is 0 Å². The summed E-state index contributed by atoms with van der Waals surface area (Å²) in [5.74, 6) is -0.412. The Morgan fingerprint density at radius 1 is 0.958 bits per heavy atom. The van der Waals surface area contributed by atoms with Gasteiger partial charge in [0.15, 0.2) is 23.0 Å². The normalized spacial score (nSPS) is 11.6. The lowest BCUT2D eigenvalue weighted by molar-refractivity contribution is -0.138. The molecule has 2 N–H and O–H groups in total. The van der Waals surface area contributed by atoms with E-state index in [-0.39, 0.29) is 12.2 Å². The van der Waals surface area contributed by atoms with E-state index in [1.807, 2.05) is 0 Å². The van der Waals surface area contributed by atoms with Gasteiger partial charge in [-0.3, -0.25) is 4.79 Å². The number of carboxylic acids is 1. The van der Waals surface area contributed by atoms with Crippen molar-refractivity contribution < 1.29 is 29.2 Å². The highest BCUT2D eigenvalue weighted by molar-refractivity contribution is 5.77. The second-order valence-corrected chi connectivity index (χ2v) is 5.22. The van der Waals surface area contributed by atoms with Gasteiger partial charge in [-0.1, -0.05) is 12.1 Å². The maximum absolute atomic E-state index is 11.7. The molecule has 0 bridgehead atoms. The predicted molar refractivity (Wildman–Crippen MR) is 88.3 cm³/mol. The number of phenolic OH excluding ortho intramolecular Hbond substituents is 1. The summed E-state index contributed by atoms with van der Waals surface area (Å²) in [7, 11) is 4.48. The lowest BCUT2D eigenvalue weighted by Gasteiger charge is -2.16. The monoisotopic (exact) mass is 332 g/mol. The van der Waals surface area contributed by atoms with Gasteiger partial charge in [-0.15, -0.1) is 0 Å². The topological polar surface area (TPSA) is 85.2 Å². The molecule has 0 aliphatic heterocycles. The highest BCUT2D eigenvalue weighted by Gasteiger charge is 2.22. The summed E-state index contributed by atoms with van der Waals surface area (Å²) < 4.78 is 15.4.